The van der Waals surface area contributed by atoms with Gasteiger partial charge in [-0.3, -0.25) is 14.6 Å². The number of nitrogens with one attached hydrogen (secondary N) is 2. The average molecular weight is 432 g/mol. The molecule has 0 unspecified atom stereocenters. The summed E-state index contributed by atoms with van der Waals surface area (Å²) in [5.41, 5.74) is 3.26. The first-order valence-electron chi connectivity index (χ1n) is 10.3. The van der Waals surface area contributed by atoms with Crippen molar-refractivity contribution in [1.82, 2.24) is 19.7 Å². The van der Waals surface area contributed by atoms with E-state index in [9.17, 15) is 9.59 Å². The highest BCUT2D eigenvalue weighted by Crippen LogP contribution is 2.28. The van der Waals surface area contributed by atoms with E-state index in [1.54, 1.807) is 11.3 Å². The third-order valence-electron chi connectivity index (χ3n) is 5.36. The van der Waals surface area contributed by atoms with Gasteiger partial charge in [-0.1, -0.05) is 36.4 Å². The van der Waals surface area contributed by atoms with Crippen LogP contribution in [0, 0.1) is 0 Å². The van der Waals surface area contributed by atoms with Gasteiger partial charge in [0.25, 0.3) is 5.56 Å². The Morgan fingerprint density at radius 3 is 2.84 bits per heavy atom. The number of thiophene rings is 1. The number of aromatic nitrogens is 4. The summed E-state index contributed by atoms with van der Waals surface area (Å²) in [7, 11) is 0. The number of carbonyl (C=O) groups excluding carboxylic acids is 1. The SMILES string of the molecule is O=C(CCc1ccccc1)Nc1cc(-c2cccs2)nn1-c1nc2c(c(=O)[nH]1)CCC2. The van der Waals surface area contributed by atoms with Crippen molar-refractivity contribution in [2.24, 2.45) is 0 Å². The number of carbonyl (C=O) groups is 1. The highest BCUT2D eigenvalue weighted by atomic mass is 32.1. The van der Waals surface area contributed by atoms with Gasteiger partial charge in [-0.2, -0.15) is 9.78 Å². The third-order valence-corrected chi connectivity index (χ3v) is 6.26. The molecule has 5 rings (SSSR count). The molecule has 3 aromatic heterocycles. The maximum atomic E-state index is 12.7. The van der Waals surface area contributed by atoms with E-state index >= 15 is 0 Å². The van der Waals surface area contributed by atoms with E-state index in [-0.39, 0.29) is 11.5 Å². The van der Waals surface area contributed by atoms with Crippen LogP contribution in [0.25, 0.3) is 16.5 Å². The molecular formula is C23H21N5O2S. The number of benzene rings is 1. The molecular weight excluding hydrogens is 410 g/mol. The van der Waals surface area contributed by atoms with E-state index in [2.05, 4.69) is 20.4 Å². The predicted octanol–water partition coefficient (Wildman–Crippen LogP) is 3.74. The van der Waals surface area contributed by atoms with Crippen LogP contribution < -0.4 is 10.9 Å². The fourth-order valence-electron chi connectivity index (χ4n) is 3.81. The van der Waals surface area contributed by atoms with E-state index in [4.69, 9.17) is 0 Å². The van der Waals surface area contributed by atoms with Gasteiger partial charge in [0.2, 0.25) is 11.9 Å². The molecule has 0 aliphatic heterocycles. The van der Waals surface area contributed by atoms with E-state index in [0.29, 0.717) is 24.6 Å². The predicted molar refractivity (Wildman–Crippen MR) is 121 cm³/mol. The van der Waals surface area contributed by atoms with Crippen LogP contribution in [-0.4, -0.2) is 25.7 Å². The lowest BCUT2D eigenvalue weighted by Gasteiger charge is -2.09. The molecule has 0 spiro atoms. The average Bonchev–Trinajstić information content (AvgIpc) is 3.53. The van der Waals surface area contributed by atoms with E-state index in [1.807, 2.05) is 53.9 Å². The fraction of sp³-hybridized carbons (Fsp3) is 0.217. The van der Waals surface area contributed by atoms with Crippen LogP contribution in [0.3, 0.4) is 0 Å². The number of hydrogen-bond acceptors (Lipinski definition) is 5. The molecule has 1 aliphatic carbocycles. The van der Waals surface area contributed by atoms with Crippen molar-refractivity contribution in [2.75, 3.05) is 5.32 Å². The fourth-order valence-corrected chi connectivity index (χ4v) is 4.49. The molecule has 1 aromatic carbocycles. The number of anilines is 1. The second-order valence-electron chi connectivity index (χ2n) is 7.51. The Morgan fingerprint density at radius 2 is 2.03 bits per heavy atom. The maximum absolute atomic E-state index is 12.7. The summed E-state index contributed by atoms with van der Waals surface area (Å²) in [6, 6.07) is 15.6. The number of nitrogens with zero attached hydrogens (tertiary/aromatic N) is 3. The van der Waals surface area contributed by atoms with Crippen molar-refractivity contribution >= 4 is 23.1 Å². The van der Waals surface area contributed by atoms with Crippen molar-refractivity contribution in [3.8, 4) is 16.5 Å². The Balaban J connectivity index is 1.45. The molecule has 3 heterocycles. The van der Waals surface area contributed by atoms with Crippen LogP contribution in [0.1, 0.15) is 29.7 Å². The lowest BCUT2D eigenvalue weighted by molar-refractivity contribution is -0.116. The Labute approximate surface area is 182 Å². The van der Waals surface area contributed by atoms with Crippen LogP contribution in [0.4, 0.5) is 5.82 Å². The summed E-state index contributed by atoms with van der Waals surface area (Å²) >= 11 is 1.56. The molecule has 1 amide bonds. The van der Waals surface area contributed by atoms with Gasteiger partial charge in [-0.25, -0.2) is 4.98 Å². The molecule has 0 atom stereocenters. The summed E-state index contributed by atoms with van der Waals surface area (Å²) in [6.45, 7) is 0. The van der Waals surface area contributed by atoms with Gasteiger partial charge < -0.3 is 5.32 Å². The zero-order chi connectivity index (χ0) is 21.2. The van der Waals surface area contributed by atoms with Gasteiger partial charge in [0.15, 0.2) is 0 Å². The number of fused-ring (bicyclic) bond motifs is 1. The highest BCUT2D eigenvalue weighted by molar-refractivity contribution is 7.13. The second kappa shape index (κ2) is 8.31. The molecule has 156 valence electrons. The van der Waals surface area contributed by atoms with Gasteiger partial charge in [-0.15, -0.1) is 11.3 Å². The molecule has 7 nitrogen and oxygen atoms in total. The van der Waals surface area contributed by atoms with E-state index in [0.717, 1.165) is 46.7 Å². The first-order chi connectivity index (χ1) is 15.2. The van der Waals surface area contributed by atoms with Crippen molar-refractivity contribution < 1.29 is 4.79 Å². The standard InChI is InChI=1S/C23H21N5O2S/c29-21(12-11-15-6-2-1-3-7-15)25-20-14-18(19-10-5-13-31-19)27-28(20)23-24-17-9-4-8-16(17)22(30)26-23/h1-3,5-7,10,13-14H,4,8-9,11-12H2,(H,25,29)(H,24,26,30). The Kier molecular flexibility index (Phi) is 5.21. The summed E-state index contributed by atoms with van der Waals surface area (Å²) in [6.07, 6.45) is 3.45. The topological polar surface area (TPSA) is 92.7 Å². The van der Waals surface area contributed by atoms with Crippen LogP contribution in [0.2, 0.25) is 0 Å². The molecule has 1 aliphatic rings. The summed E-state index contributed by atoms with van der Waals surface area (Å²) < 4.78 is 1.52. The van der Waals surface area contributed by atoms with Crippen molar-refractivity contribution in [3.63, 3.8) is 0 Å². The zero-order valence-corrected chi connectivity index (χ0v) is 17.6. The first kappa shape index (κ1) is 19.4. The van der Waals surface area contributed by atoms with Gasteiger partial charge in [0, 0.05) is 18.1 Å². The molecule has 0 saturated carbocycles. The summed E-state index contributed by atoms with van der Waals surface area (Å²) in [4.78, 5) is 33.6. The van der Waals surface area contributed by atoms with Crippen molar-refractivity contribution in [1.29, 1.82) is 0 Å². The minimum atomic E-state index is -0.132. The smallest absolute Gasteiger partial charge is 0.255 e. The monoisotopic (exact) mass is 431 g/mol. The maximum Gasteiger partial charge on any atom is 0.255 e. The first-order valence-corrected chi connectivity index (χ1v) is 11.2. The normalized spacial score (nSPS) is 12.6. The van der Waals surface area contributed by atoms with Crippen LogP contribution in [-0.2, 0) is 24.1 Å². The number of hydrogen-bond donors (Lipinski definition) is 2. The van der Waals surface area contributed by atoms with Gasteiger partial charge in [0.1, 0.15) is 11.5 Å². The number of H-pyrrole nitrogens is 1. The van der Waals surface area contributed by atoms with E-state index in [1.165, 1.54) is 4.68 Å². The molecule has 31 heavy (non-hydrogen) atoms. The van der Waals surface area contributed by atoms with Crippen LogP contribution in [0.15, 0.2) is 58.7 Å². The third kappa shape index (κ3) is 4.06. The number of aromatic amines is 1. The van der Waals surface area contributed by atoms with Crippen LogP contribution in [0.5, 0.6) is 0 Å². The minimum absolute atomic E-state index is 0.119. The number of rotatable bonds is 6. The number of amides is 1. The minimum Gasteiger partial charge on any atom is -0.310 e. The van der Waals surface area contributed by atoms with Gasteiger partial charge in [0.05, 0.1) is 10.6 Å². The summed E-state index contributed by atoms with van der Waals surface area (Å²) in [5.74, 6) is 0.695. The molecule has 2 N–H and O–H groups in total. The molecule has 8 heteroatoms. The zero-order valence-electron chi connectivity index (χ0n) is 16.8. The van der Waals surface area contributed by atoms with Gasteiger partial charge in [-0.05, 0) is 42.7 Å². The number of aryl methyl sites for hydroxylation is 2. The van der Waals surface area contributed by atoms with E-state index < -0.39 is 0 Å². The highest BCUT2D eigenvalue weighted by Gasteiger charge is 2.21. The lowest BCUT2D eigenvalue weighted by Crippen LogP contribution is -2.21. The quantitative estimate of drug-likeness (QED) is 0.486. The van der Waals surface area contributed by atoms with Gasteiger partial charge >= 0.3 is 0 Å². The van der Waals surface area contributed by atoms with Crippen molar-refractivity contribution in [2.45, 2.75) is 32.1 Å². The Hall–Kier alpha value is -3.52. The van der Waals surface area contributed by atoms with Crippen LogP contribution >= 0.6 is 11.3 Å². The summed E-state index contributed by atoms with van der Waals surface area (Å²) in [5, 5.41) is 9.57. The second-order valence-corrected chi connectivity index (χ2v) is 8.45. The largest absolute Gasteiger partial charge is 0.310 e. The lowest BCUT2D eigenvalue weighted by atomic mass is 10.1. The van der Waals surface area contributed by atoms with Crippen molar-refractivity contribution in [3.05, 3.63) is 81.1 Å². The molecule has 0 radical (unpaired) electrons. The Bertz CT molecular complexity index is 1280. The molecule has 0 bridgehead atoms. The Morgan fingerprint density at radius 1 is 1.16 bits per heavy atom. The molecule has 0 fully saturated rings. The molecule has 0 saturated heterocycles. The molecule has 4 aromatic rings.